The summed E-state index contributed by atoms with van der Waals surface area (Å²) < 4.78 is 0. The topological polar surface area (TPSA) is 0 Å². The van der Waals surface area contributed by atoms with E-state index in [1.807, 2.05) is 6.07 Å². The first-order valence-electron chi connectivity index (χ1n) is 22.1. The fourth-order valence-corrected chi connectivity index (χ4v) is 10.1. The number of halogens is 2. The minimum absolute atomic E-state index is 0.795. The van der Waals surface area contributed by atoms with Gasteiger partial charge in [-0.2, -0.15) is 41.6 Å². The summed E-state index contributed by atoms with van der Waals surface area (Å²) in [5.74, 6) is 0. The maximum absolute atomic E-state index is 4.93. The summed E-state index contributed by atoms with van der Waals surface area (Å²) in [4.78, 5) is 0. The fraction of sp³-hybridized carbons (Fsp3) is 0.100. The molecule has 0 nitrogen and oxygen atoms in total. The van der Waals surface area contributed by atoms with Gasteiger partial charge in [-0.1, -0.05) is 206 Å². The molecule has 0 bridgehead atoms. The summed E-state index contributed by atoms with van der Waals surface area (Å²) in [6.07, 6.45) is 4.65. The van der Waals surface area contributed by atoms with Gasteiger partial charge >= 0.3 is 37.9 Å². The van der Waals surface area contributed by atoms with E-state index in [1.165, 1.54) is 112 Å². The van der Waals surface area contributed by atoms with Gasteiger partial charge in [-0.05, 0) is 46.2 Å². The van der Waals surface area contributed by atoms with Crippen LogP contribution >= 0.6 is 17.0 Å². The normalized spacial score (nSPS) is 11.0. The Balaban J connectivity index is 0.000000132. The molecule has 0 fully saturated rings. The monoisotopic (exact) mass is 957 g/mol. The summed E-state index contributed by atoms with van der Waals surface area (Å²) >= 11 is -0.826. The molecule has 1 aliphatic heterocycles. The van der Waals surface area contributed by atoms with Gasteiger partial charge in [0, 0.05) is 0 Å². The smallest absolute Gasteiger partial charge is 0.0920 e. The maximum Gasteiger partial charge on any atom is 0.0920 e. The molecule has 1 aliphatic rings. The summed E-state index contributed by atoms with van der Waals surface area (Å²) in [5, 5.41) is 8.25. The van der Waals surface area contributed by atoms with Gasteiger partial charge in [0.25, 0.3) is 0 Å². The van der Waals surface area contributed by atoms with Crippen LogP contribution in [0.25, 0.3) is 77.2 Å². The molecule has 10 aromatic carbocycles. The van der Waals surface area contributed by atoms with Crippen molar-refractivity contribution in [3.63, 3.8) is 0 Å². The van der Waals surface area contributed by atoms with E-state index in [0.29, 0.717) is 0 Å². The number of rotatable bonds is 8. The van der Waals surface area contributed by atoms with Crippen molar-refractivity contribution in [3.05, 3.63) is 230 Å². The Hall–Kier alpha value is -5.34. The second kappa shape index (κ2) is 22.5. The Morgan fingerprint density at radius 3 is 1.31 bits per heavy atom. The molecule has 0 atom stereocenters. The fourth-order valence-electron chi connectivity index (χ4n) is 8.83. The average molecular weight is 960 g/mol. The molecule has 314 valence electrons. The number of fused-ring (bicyclic) bond motifs is 5. The third kappa shape index (κ3) is 10.6. The first-order valence-corrected chi connectivity index (χ1v) is 29.4. The first kappa shape index (κ1) is 45.2. The van der Waals surface area contributed by atoms with Crippen LogP contribution in [0.15, 0.2) is 212 Å². The van der Waals surface area contributed by atoms with Crippen molar-refractivity contribution in [2.45, 2.75) is 39.5 Å². The molecule has 1 heterocycles. The van der Waals surface area contributed by atoms with Crippen molar-refractivity contribution >= 4 is 58.5 Å². The van der Waals surface area contributed by atoms with Gasteiger partial charge in [-0.15, -0.1) is 62.5 Å². The largest absolute Gasteiger partial charge is 0.184 e. The van der Waals surface area contributed by atoms with Crippen LogP contribution in [0.1, 0.15) is 37.8 Å². The van der Waals surface area contributed by atoms with Crippen LogP contribution in [0.2, 0.25) is 0 Å². The van der Waals surface area contributed by atoms with Crippen LogP contribution in [0.3, 0.4) is 0 Å². The number of hydrogen-bond donors (Lipinski definition) is 0. The second-order valence-electron chi connectivity index (χ2n) is 15.9. The molecule has 0 aliphatic carbocycles. The molecule has 0 amide bonds. The molecule has 11 rings (SSSR count). The quantitative estimate of drug-likeness (QED) is 0.105. The van der Waals surface area contributed by atoms with Gasteiger partial charge in [-0.3, -0.25) is 0 Å². The minimum Gasteiger partial charge on any atom is -0.184 e. The van der Waals surface area contributed by atoms with Crippen molar-refractivity contribution in [1.82, 2.24) is 0 Å². The average Bonchev–Trinajstić information content (AvgIpc) is 4.08. The molecule has 64 heavy (non-hydrogen) atoms. The Kier molecular flexibility index (Phi) is 15.9. The predicted molar refractivity (Wildman–Crippen MR) is 276 cm³/mol. The molecule has 10 aromatic rings. The molecular weight excluding hydrogens is 911 g/mol. The summed E-state index contributed by atoms with van der Waals surface area (Å²) in [7, 11) is 10.7. The van der Waals surface area contributed by atoms with E-state index in [2.05, 4.69) is 226 Å². The maximum atomic E-state index is 4.93. The molecule has 0 aromatic heterocycles. The standard InChI is InChI=1S/2C24H21.C12H7Si.2ClH.Zr/c2*1-2-9-18-16-21-14-15-22(19-10-5-3-6-11-19)24(23(21)17-18)20-12-7-4-8-13-20;1-3-7-11-9(5-1)10-6-2-4-8-12(10)13-11;;;/h2*3-8,10-17H,2,9H2,1H3;1-7H;2*1H;/q3*-1;;;+2/p-2. The SMILES string of the molecule is CCCc1cc2c(-c3ccccc3)c(-c3ccccc3)ccc2[cH-]1.CCCc1cc2c(-c3ccccc3)c(-c3ccccc3)ccc2[cH-]1.[Cl][Zr][Cl].[c-]1cccc2c1[Si]c1ccccc1-2. The Morgan fingerprint density at radius 1 is 0.453 bits per heavy atom. The molecule has 0 spiro atoms. The number of benzene rings is 8. The zero-order valence-electron chi connectivity index (χ0n) is 36.3. The molecular formula is C60H49Cl2SiZr-3. The molecule has 0 saturated heterocycles. The van der Waals surface area contributed by atoms with Crippen molar-refractivity contribution < 1.29 is 20.8 Å². The van der Waals surface area contributed by atoms with Crippen molar-refractivity contribution in [2.75, 3.05) is 0 Å². The zero-order chi connectivity index (χ0) is 44.1. The summed E-state index contributed by atoms with van der Waals surface area (Å²) in [6, 6.07) is 79.6. The van der Waals surface area contributed by atoms with Gasteiger partial charge in [0.1, 0.15) is 0 Å². The predicted octanol–water partition coefficient (Wildman–Crippen LogP) is 16.2. The van der Waals surface area contributed by atoms with E-state index in [0.717, 1.165) is 22.4 Å². The van der Waals surface area contributed by atoms with Gasteiger partial charge in [0.15, 0.2) is 0 Å². The Bertz CT molecular complexity index is 2820. The van der Waals surface area contributed by atoms with Crippen molar-refractivity contribution in [1.29, 1.82) is 0 Å². The second-order valence-corrected chi connectivity index (χ2v) is 20.9. The van der Waals surface area contributed by atoms with Crippen LogP contribution in [0, 0.1) is 6.07 Å². The third-order valence-electron chi connectivity index (χ3n) is 11.6. The summed E-state index contributed by atoms with van der Waals surface area (Å²) in [5.41, 5.74) is 16.1. The van der Waals surface area contributed by atoms with Gasteiger partial charge < -0.3 is 0 Å². The van der Waals surface area contributed by atoms with E-state index in [-0.39, 0.29) is 0 Å². The van der Waals surface area contributed by atoms with Crippen molar-refractivity contribution in [3.8, 4) is 55.6 Å². The zero-order valence-corrected chi connectivity index (χ0v) is 41.3. The van der Waals surface area contributed by atoms with Crippen LogP contribution in [-0.4, -0.2) is 9.52 Å². The van der Waals surface area contributed by atoms with Crippen LogP contribution in [-0.2, 0) is 33.7 Å². The van der Waals surface area contributed by atoms with Crippen LogP contribution in [0.5, 0.6) is 0 Å². The van der Waals surface area contributed by atoms with E-state index in [9.17, 15) is 0 Å². The Morgan fingerprint density at radius 2 is 0.859 bits per heavy atom. The van der Waals surface area contributed by atoms with Gasteiger partial charge in [0.2, 0.25) is 0 Å². The van der Waals surface area contributed by atoms with Crippen LogP contribution < -0.4 is 10.4 Å². The molecule has 0 N–H and O–H groups in total. The third-order valence-corrected chi connectivity index (χ3v) is 13.0. The molecule has 0 saturated carbocycles. The van der Waals surface area contributed by atoms with Gasteiger partial charge in [-0.25, -0.2) is 0 Å². The first-order chi connectivity index (χ1) is 31.6. The van der Waals surface area contributed by atoms with Crippen molar-refractivity contribution in [2.24, 2.45) is 0 Å². The number of hydrogen-bond acceptors (Lipinski definition) is 0. The minimum atomic E-state index is -0.826. The van der Waals surface area contributed by atoms with Crippen LogP contribution in [0.4, 0.5) is 0 Å². The van der Waals surface area contributed by atoms with E-state index >= 15 is 0 Å². The molecule has 2 radical (unpaired) electrons. The van der Waals surface area contributed by atoms with Gasteiger partial charge in [0.05, 0.1) is 9.52 Å². The van der Waals surface area contributed by atoms with E-state index in [4.69, 9.17) is 17.0 Å². The van der Waals surface area contributed by atoms with E-state index < -0.39 is 20.8 Å². The number of aryl methyl sites for hydroxylation is 2. The Labute approximate surface area is 400 Å². The molecule has 0 unspecified atom stereocenters. The summed E-state index contributed by atoms with van der Waals surface area (Å²) in [6.45, 7) is 4.48. The van der Waals surface area contributed by atoms with E-state index in [1.54, 1.807) is 0 Å². The molecule has 4 heteroatoms.